The van der Waals surface area contributed by atoms with E-state index in [2.05, 4.69) is 9.97 Å². The van der Waals surface area contributed by atoms with Crippen LogP contribution in [0.25, 0.3) is 11.3 Å². The topological polar surface area (TPSA) is 90.6 Å². The number of nitrogens with two attached hydrogens (primary N) is 1. The maximum absolute atomic E-state index is 11.7. The van der Waals surface area contributed by atoms with Crippen molar-refractivity contribution < 1.29 is 14.3 Å². The summed E-state index contributed by atoms with van der Waals surface area (Å²) < 4.78 is 10.7. The normalized spacial score (nSPS) is 12.9. The summed E-state index contributed by atoms with van der Waals surface area (Å²) in [6, 6.07) is 3.41. The molecular formula is C16H17ClN4O3. The van der Waals surface area contributed by atoms with Crippen LogP contribution in [0.3, 0.4) is 0 Å². The van der Waals surface area contributed by atoms with E-state index in [0.717, 1.165) is 11.3 Å². The van der Waals surface area contributed by atoms with Crippen LogP contribution >= 0.6 is 11.6 Å². The number of amides is 1. The minimum atomic E-state index is -0.0367. The minimum absolute atomic E-state index is 0.0367. The number of halogens is 1. The number of nitrogens with zero attached hydrogens (tertiary/aromatic N) is 3. The number of carbonyl (C=O) groups is 1. The average molecular weight is 349 g/mol. The van der Waals surface area contributed by atoms with Crippen molar-refractivity contribution in [3.05, 3.63) is 28.4 Å². The highest BCUT2D eigenvalue weighted by atomic mass is 35.5. The zero-order valence-corrected chi connectivity index (χ0v) is 14.3. The smallest absolute Gasteiger partial charge is 0.220 e. The molecule has 0 saturated carbocycles. The lowest BCUT2D eigenvalue weighted by Gasteiger charge is -2.15. The summed E-state index contributed by atoms with van der Waals surface area (Å²) in [5, 5.41) is 0.424. The maximum Gasteiger partial charge on any atom is 0.220 e. The van der Waals surface area contributed by atoms with Crippen LogP contribution in [0.1, 0.15) is 18.2 Å². The molecule has 1 aromatic heterocycles. The molecule has 24 heavy (non-hydrogen) atoms. The summed E-state index contributed by atoms with van der Waals surface area (Å²) >= 11 is 6.44. The van der Waals surface area contributed by atoms with Crippen molar-refractivity contribution in [3.8, 4) is 22.8 Å². The van der Waals surface area contributed by atoms with E-state index in [1.807, 2.05) is 0 Å². The molecule has 0 atom stereocenters. The number of hydrogen-bond acceptors (Lipinski definition) is 6. The van der Waals surface area contributed by atoms with Crippen molar-refractivity contribution in [2.24, 2.45) is 0 Å². The number of fused-ring (bicyclic) bond motifs is 1. The van der Waals surface area contributed by atoms with Crippen LogP contribution in [0, 0.1) is 0 Å². The molecule has 0 spiro atoms. The van der Waals surface area contributed by atoms with Gasteiger partial charge in [-0.3, -0.25) is 4.79 Å². The zero-order chi connectivity index (χ0) is 17.4. The Hall–Kier alpha value is -2.54. The molecule has 0 aliphatic carbocycles. The molecule has 126 valence electrons. The van der Waals surface area contributed by atoms with Crippen molar-refractivity contribution in [1.82, 2.24) is 14.9 Å². The van der Waals surface area contributed by atoms with Crippen molar-refractivity contribution in [1.29, 1.82) is 0 Å². The lowest BCUT2D eigenvalue weighted by atomic mass is 10.0. The van der Waals surface area contributed by atoms with Gasteiger partial charge in [0.25, 0.3) is 0 Å². The highest BCUT2D eigenvalue weighted by Crippen LogP contribution is 2.42. The minimum Gasteiger partial charge on any atom is -0.497 e. The van der Waals surface area contributed by atoms with Crippen LogP contribution in [0.4, 0.5) is 5.95 Å². The molecule has 8 heteroatoms. The molecule has 2 heterocycles. The van der Waals surface area contributed by atoms with Gasteiger partial charge in [0.1, 0.15) is 11.5 Å². The first-order chi connectivity index (χ1) is 11.4. The van der Waals surface area contributed by atoms with Gasteiger partial charge in [0.05, 0.1) is 49.3 Å². The molecule has 2 aromatic rings. The van der Waals surface area contributed by atoms with Gasteiger partial charge in [-0.2, -0.15) is 0 Å². The number of ether oxygens (including phenoxy) is 2. The van der Waals surface area contributed by atoms with E-state index in [4.69, 9.17) is 26.8 Å². The second-order valence-electron chi connectivity index (χ2n) is 5.42. The van der Waals surface area contributed by atoms with Crippen LogP contribution in [-0.4, -0.2) is 35.0 Å². The molecule has 7 nitrogen and oxygen atoms in total. The predicted molar refractivity (Wildman–Crippen MR) is 89.9 cm³/mol. The Balaban J connectivity index is 2.21. The fraction of sp³-hybridized carbons (Fsp3) is 0.312. The Morgan fingerprint density at radius 3 is 2.62 bits per heavy atom. The number of aromatic nitrogens is 2. The Morgan fingerprint density at radius 1 is 1.25 bits per heavy atom. The number of anilines is 1. The molecule has 1 aliphatic heterocycles. The van der Waals surface area contributed by atoms with Crippen molar-refractivity contribution in [2.75, 3.05) is 20.0 Å². The quantitative estimate of drug-likeness (QED) is 0.914. The first kappa shape index (κ1) is 16.3. The zero-order valence-electron chi connectivity index (χ0n) is 13.6. The van der Waals surface area contributed by atoms with E-state index in [-0.39, 0.29) is 11.9 Å². The maximum atomic E-state index is 11.7. The monoisotopic (exact) mass is 348 g/mol. The summed E-state index contributed by atoms with van der Waals surface area (Å²) in [5.74, 6) is 1.18. The SMILES string of the molecule is COc1cc(Cl)c(-c2nc(N)nc3c2CN(C(C)=O)C3)c(OC)c1. The molecule has 0 radical (unpaired) electrons. The first-order valence-corrected chi connectivity index (χ1v) is 7.65. The van der Waals surface area contributed by atoms with Gasteiger partial charge in [-0.25, -0.2) is 9.97 Å². The fourth-order valence-electron chi connectivity index (χ4n) is 2.77. The number of methoxy groups -OCH3 is 2. The molecule has 0 bridgehead atoms. The third kappa shape index (κ3) is 2.71. The van der Waals surface area contributed by atoms with Crippen LogP contribution in [-0.2, 0) is 17.9 Å². The van der Waals surface area contributed by atoms with Gasteiger partial charge in [-0.15, -0.1) is 0 Å². The summed E-state index contributed by atoms with van der Waals surface area (Å²) in [4.78, 5) is 22.0. The van der Waals surface area contributed by atoms with Gasteiger partial charge in [0, 0.05) is 18.6 Å². The van der Waals surface area contributed by atoms with Gasteiger partial charge in [0.2, 0.25) is 11.9 Å². The average Bonchev–Trinajstić information content (AvgIpc) is 2.97. The van der Waals surface area contributed by atoms with Crippen molar-refractivity contribution in [2.45, 2.75) is 20.0 Å². The fourth-order valence-corrected chi connectivity index (χ4v) is 3.06. The Morgan fingerprint density at radius 2 is 2.00 bits per heavy atom. The van der Waals surface area contributed by atoms with Crippen molar-refractivity contribution in [3.63, 3.8) is 0 Å². The highest BCUT2D eigenvalue weighted by molar-refractivity contribution is 6.33. The van der Waals surface area contributed by atoms with Crippen LogP contribution in [0.2, 0.25) is 5.02 Å². The highest BCUT2D eigenvalue weighted by Gasteiger charge is 2.29. The molecule has 1 aromatic carbocycles. The lowest BCUT2D eigenvalue weighted by molar-refractivity contribution is -0.129. The van der Waals surface area contributed by atoms with E-state index in [1.165, 1.54) is 6.92 Å². The largest absolute Gasteiger partial charge is 0.497 e. The molecule has 0 saturated heterocycles. The molecule has 0 fully saturated rings. The number of carbonyl (C=O) groups excluding carboxylic acids is 1. The Kier molecular flexibility index (Phi) is 4.19. The lowest BCUT2D eigenvalue weighted by Crippen LogP contribution is -2.21. The summed E-state index contributed by atoms with van der Waals surface area (Å²) in [7, 11) is 3.09. The Labute approximate surface area is 144 Å². The summed E-state index contributed by atoms with van der Waals surface area (Å²) in [6.45, 7) is 2.33. The molecule has 0 unspecified atom stereocenters. The summed E-state index contributed by atoms with van der Waals surface area (Å²) in [6.07, 6.45) is 0. The van der Waals surface area contributed by atoms with Gasteiger partial charge in [-0.05, 0) is 6.07 Å². The Bertz CT molecular complexity index is 825. The molecule has 2 N–H and O–H groups in total. The first-order valence-electron chi connectivity index (χ1n) is 7.27. The van der Waals surface area contributed by atoms with Crippen LogP contribution < -0.4 is 15.2 Å². The standard InChI is InChI=1S/C16H17ClN4O3/c1-8(22)21-6-10-12(7-21)19-16(18)20-15(10)14-11(17)4-9(23-2)5-13(14)24-3/h4-5H,6-7H2,1-3H3,(H2,18,19,20). The third-order valence-electron chi connectivity index (χ3n) is 3.96. The molecule has 1 aliphatic rings. The van der Waals surface area contributed by atoms with E-state index >= 15 is 0 Å². The van der Waals surface area contributed by atoms with E-state index in [1.54, 1.807) is 31.3 Å². The predicted octanol–water partition coefficient (Wildman–Crippen LogP) is 2.26. The van der Waals surface area contributed by atoms with Gasteiger partial charge in [0.15, 0.2) is 0 Å². The van der Waals surface area contributed by atoms with Gasteiger partial charge >= 0.3 is 0 Å². The number of nitrogen functional groups attached to an aromatic ring is 1. The van der Waals surface area contributed by atoms with Gasteiger partial charge in [-0.1, -0.05) is 11.6 Å². The van der Waals surface area contributed by atoms with E-state index in [9.17, 15) is 4.79 Å². The number of benzene rings is 1. The second kappa shape index (κ2) is 6.16. The van der Waals surface area contributed by atoms with Crippen molar-refractivity contribution >= 4 is 23.5 Å². The second-order valence-corrected chi connectivity index (χ2v) is 5.82. The van der Waals surface area contributed by atoms with Crippen LogP contribution in [0.5, 0.6) is 11.5 Å². The van der Waals surface area contributed by atoms with E-state index < -0.39 is 0 Å². The number of rotatable bonds is 3. The third-order valence-corrected chi connectivity index (χ3v) is 4.26. The van der Waals surface area contributed by atoms with Gasteiger partial charge < -0.3 is 20.1 Å². The van der Waals surface area contributed by atoms with Crippen LogP contribution in [0.15, 0.2) is 12.1 Å². The summed E-state index contributed by atoms with van der Waals surface area (Å²) in [5.41, 5.74) is 8.58. The van der Waals surface area contributed by atoms with E-state index in [0.29, 0.717) is 40.9 Å². The molecule has 3 rings (SSSR count). The molecule has 1 amide bonds. The molecular weight excluding hydrogens is 332 g/mol. The number of hydrogen-bond donors (Lipinski definition) is 1.